The van der Waals surface area contributed by atoms with E-state index in [4.69, 9.17) is 0 Å². The number of hydrogen-bond acceptors (Lipinski definition) is 12. The van der Waals surface area contributed by atoms with Gasteiger partial charge in [-0.15, -0.1) is 0 Å². The van der Waals surface area contributed by atoms with Gasteiger partial charge in [-0.2, -0.15) is 0 Å². The maximum Gasteiger partial charge on any atom is 0.268 e. The van der Waals surface area contributed by atoms with Crippen molar-refractivity contribution in [3.63, 3.8) is 0 Å². The van der Waals surface area contributed by atoms with E-state index >= 15 is 0 Å². The Bertz CT molecular complexity index is 8390. The molecule has 0 saturated carbocycles. The predicted octanol–water partition coefficient (Wildman–Crippen LogP) is 24.5. The summed E-state index contributed by atoms with van der Waals surface area (Å²) < 4.78 is 113. The van der Waals surface area contributed by atoms with Crippen LogP contribution in [0.2, 0.25) is 0 Å². The van der Waals surface area contributed by atoms with Crippen LogP contribution in [0.4, 0.5) is 0 Å². The Morgan fingerprint density at radius 3 is 1.26 bits per heavy atom. The lowest BCUT2D eigenvalue weighted by Gasteiger charge is -2.36. The van der Waals surface area contributed by atoms with Crippen LogP contribution >= 0.6 is 0 Å². The first-order chi connectivity index (χ1) is 64.1. The van der Waals surface area contributed by atoms with E-state index in [2.05, 4.69) is 111 Å². The van der Waals surface area contributed by atoms with Crippen molar-refractivity contribution in [2.24, 2.45) is 0 Å². The molecule has 2 unspecified atom stereocenters. The molecule has 6 aliphatic carbocycles. The van der Waals surface area contributed by atoms with Gasteiger partial charge in [-0.05, 0) is 401 Å². The average Bonchev–Trinajstić information content (AvgIpc) is 1.53. The molecule has 0 amide bonds. The van der Waals surface area contributed by atoms with Crippen molar-refractivity contribution in [1.82, 2.24) is 15.9 Å². The highest BCUT2D eigenvalue weighted by Crippen LogP contribution is 2.53. The predicted molar refractivity (Wildman–Crippen MR) is 552 cm³/mol. The molecule has 2 atom stereocenters. The van der Waals surface area contributed by atoms with Crippen LogP contribution in [0.1, 0.15) is 205 Å². The molecule has 21 rings (SSSR count). The van der Waals surface area contributed by atoms with E-state index < -0.39 is 51.3 Å². The largest absolute Gasteiger partial charge is 0.381 e. The first-order valence-corrected chi connectivity index (χ1v) is 51.7. The summed E-state index contributed by atoms with van der Waals surface area (Å²) in [6.07, 6.45) is 27.2. The summed E-state index contributed by atoms with van der Waals surface area (Å²) in [5.41, 5.74) is 37.9. The number of allylic oxidation sites excluding steroid dienone is 3. The zero-order chi connectivity index (χ0) is 97.9. The van der Waals surface area contributed by atoms with Crippen molar-refractivity contribution in [2.75, 3.05) is 0 Å². The normalized spacial score (nSPS) is 16.0. The van der Waals surface area contributed by atoms with E-state index in [0.29, 0.717) is 64.3 Å². The average molecular weight is 1880 g/mol. The first kappa shape index (κ1) is 94.8. The van der Waals surface area contributed by atoms with Gasteiger partial charge >= 0.3 is 0 Å². The van der Waals surface area contributed by atoms with E-state index in [0.717, 1.165) is 128 Å². The fraction of sp³-hybridized carbons (Fsp3) is 0.241. The summed E-state index contributed by atoms with van der Waals surface area (Å²) in [5.74, 6) is -0.298. The molecule has 0 radical (unpaired) electrons. The third kappa shape index (κ3) is 15.7. The van der Waals surface area contributed by atoms with E-state index in [1.165, 1.54) is 118 Å². The molecule has 16 nitrogen and oxygen atoms in total. The van der Waals surface area contributed by atoms with E-state index in [9.17, 15) is 53.5 Å². The van der Waals surface area contributed by atoms with Crippen molar-refractivity contribution in [2.45, 2.75) is 208 Å². The van der Waals surface area contributed by atoms with Gasteiger partial charge < -0.3 is 10.2 Å². The van der Waals surface area contributed by atoms with Crippen LogP contribution in [0, 0.1) is 145 Å². The van der Waals surface area contributed by atoms with Crippen LogP contribution in [-0.4, -0.2) is 71.3 Å². The Hall–Kier alpha value is -12.9. The van der Waals surface area contributed by atoms with Crippen LogP contribution in [0.15, 0.2) is 232 Å². The van der Waals surface area contributed by atoms with Crippen molar-refractivity contribution in [3.8, 4) is 0 Å². The number of aromatic nitrogens is 4. The lowest BCUT2D eigenvalue weighted by atomic mass is 9.73. The first-order valence-electron chi connectivity index (χ1n) is 45.9. The maximum absolute atomic E-state index is 13.8. The van der Waals surface area contributed by atoms with Gasteiger partial charge in [0, 0.05) is 79.7 Å². The molecule has 694 valence electrons. The van der Waals surface area contributed by atoms with Crippen LogP contribution in [0.5, 0.6) is 0 Å². The summed E-state index contributed by atoms with van der Waals surface area (Å²) in [6.45, 7) is 46.1. The lowest BCUT2D eigenvalue weighted by molar-refractivity contribution is 0.0645. The highest BCUT2D eigenvalue weighted by molar-refractivity contribution is 7.91. The Morgan fingerprint density at radius 2 is 0.772 bits per heavy atom. The van der Waals surface area contributed by atoms with Crippen molar-refractivity contribution in [1.29, 1.82) is 0 Å². The Balaban J connectivity index is 0.000000122. The second-order valence-corrected chi connectivity index (χ2v) is 45.4. The molecule has 6 aliphatic rings. The monoisotopic (exact) mass is 1880 g/mol. The van der Waals surface area contributed by atoms with Gasteiger partial charge in [-0.3, -0.25) is 9.59 Å². The summed E-state index contributed by atoms with van der Waals surface area (Å²) in [6, 6.07) is 43.6. The lowest BCUT2D eigenvalue weighted by Crippen LogP contribution is -2.33. The molecule has 0 bridgehead atoms. The Morgan fingerprint density at radius 1 is 0.375 bits per heavy atom. The quantitative estimate of drug-likeness (QED) is 0.0859. The SMILES string of the molecule is C=CC(=O)c1c(C)cc(C)c2c1ccn2S(=O)(=O)c1ccc(C)cc1.Cc1cc2c(c(C)c1C)C=CC2.Cc1ccc(S(=O)(=O)n2cc3c4c(c(C)cc(C)c42)C(=O)C=C3)cc1.Cc1ccc(S(=O)(=O)n2cc3c4c(c(C)cc(C)c42)C(O)(C2=Cc4c(cc(C)c(C)c4C)C2)C=C3)cc1.Cc1ccc(S(=O)(=O)n2cc3c4c(c(C)cc(C)c42)C(O)(C2=Cc4c(cc(C)c(C)c4C)C2)CC3)cc1. The highest BCUT2D eigenvalue weighted by Gasteiger charge is 2.45. The zero-order valence-electron chi connectivity index (χ0n) is 81.0. The minimum atomic E-state index is -3.82. The summed E-state index contributed by atoms with van der Waals surface area (Å²) in [7, 11) is -15.1. The molecule has 0 spiro atoms. The molecule has 4 heterocycles. The minimum Gasteiger partial charge on any atom is -0.381 e. The van der Waals surface area contributed by atoms with Crippen LogP contribution in [0.3, 0.4) is 0 Å². The fourth-order valence-electron chi connectivity index (χ4n) is 21.3. The van der Waals surface area contributed by atoms with Crippen LogP contribution < -0.4 is 0 Å². The molecule has 11 aromatic carbocycles. The summed E-state index contributed by atoms with van der Waals surface area (Å²) in [5, 5.41) is 27.8. The van der Waals surface area contributed by atoms with Crippen LogP contribution in [-0.2, 0) is 77.0 Å². The molecule has 136 heavy (non-hydrogen) atoms. The topological polar surface area (TPSA) is 231 Å². The number of aryl methyl sites for hydroxylation is 16. The molecule has 0 aliphatic heterocycles. The van der Waals surface area contributed by atoms with E-state index in [1.54, 1.807) is 104 Å². The molecular weight excluding hydrogens is 1770 g/mol. The molecule has 20 heteroatoms. The number of rotatable bonds is 12. The van der Waals surface area contributed by atoms with Crippen molar-refractivity contribution < 1.29 is 53.5 Å². The Kier molecular flexibility index (Phi) is 24.2. The van der Waals surface area contributed by atoms with E-state index in [-0.39, 0.29) is 31.1 Å². The third-order valence-corrected chi connectivity index (χ3v) is 35.8. The number of fused-ring (bicyclic) bond motifs is 4. The number of ketones is 2. The highest BCUT2D eigenvalue weighted by atomic mass is 32.2. The summed E-state index contributed by atoms with van der Waals surface area (Å²) in [4.78, 5) is 25.5. The van der Waals surface area contributed by atoms with Gasteiger partial charge in [0.15, 0.2) is 11.6 Å². The zero-order valence-corrected chi connectivity index (χ0v) is 84.3. The molecule has 0 saturated heterocycles. The minimum absolute atomic E-state index is 0.0829. The number of hydrogen-bond donors (Lipinski definition) is 2. The summed E-state index contributed by atoms with van der Waals surface area (Å²) >= 11 is 0. The molecule has 2 N–H and O–H groups in total. The van der Waals surface area contributed by atoms with Gasteiger partial charge in [-0.1, -0.05) is 150 Å². The number of carbonyl (C=O) groups is 2. The smallest absolute Gasteiger partial charge is 0.268 e. The second kappa shape index (κ2) is 34.7. The van der Waals surface area contributed by atoms with Gasteiger partial charge in [0.05, 0.1) is 41.6 Å². The number of nitrogens with zero attached hydrogens (tertiary/aromatic N) is 4. The third-order valence-electron chi connectivity index (χ3n) is 29.1. The van der Waals surface area contributed by atoms with Crippen molar-refractivity contribution in [3.05, 3.63) is 402 Å². The van der Waals surface area contributed by atoms with Gasteiger partial charge in [0.2, 0.25) is 0 Å². The standard InChI is InChI=1S/C32H33NO3S.C32H31NO3S.C20H17NO3S.C20H19NO3S.C12H14/c2*1-18-7-9-27(10-8-18)37(35,36)33-17-24-11-12-32(34,30-20(3)13-21(4)31(33)29(24)30)26-15-25-14-19(2)22(5)23(6)28(25)16-26;1-12-4-7-16(8-5-12)25(23,24)21-11-15-6-9-17(22)18-13(2)10-14(3)20(21)19(15)18;1-5-18(22)19-14(3)12-15(4)20-17(19)10-11-21(20)25(23,24)16-8-6-13(2)7-9-16;1-8-7-11-5-4-6-12(11)10(3)9(8)2/h7-10,13-14,16-17,34H,11-12,15H2,1-6H3;7-14,16-17,34H,15H2,1-6H3;4-11H,1-3H3;5-12H,1H2,2-4H3;4,6-7H,5H2,1-3H3. The molecular formula is C116H114N4O12S4. The number of carbonyl (C=O) groups excluding carboxylic acids is 2. The fourth-order valence-corrected chi connectivity index (χ4v) is 27.0. The van der Waals surface area contributed by atoms with E-state index in [1.807, 2.05) is 144 Å². The second-order valence-electron chi connectivity index (χ2n) is 38.1. The number of aliphatic hydroxyl groups is 2. The van der Waals surface area contributed by atoms with Gasteiger partial charge in [-0.25, -0.2) is 49.6 Å². The van der Waals surface area contributed by atoms with Crippen LogP contribution in [0.25, 0.3) is 74.0 Å². The molecule has 15 aromatic rings. The molecule has 0 fully saturated rings. The van der Waals surface area contributed by atoms with Gasteiger partial charge in [0.25, 0.3) is 40.1 Å². The molecule has 4 aromatic heterocycles. The van der Waals surface area contributed by atoms with Gasteiger partial charge in [0.1, 0.15) is 11.2 Å². The number of benzene rings is 11. The van der Waals surface area contributed by atoms with Crippen molar-refractivity contribution >= 4 is 126 Å². The maximum atomic E-state index is 13.8. The Labute approximate surface area is 799 Å².